The van der Waals surface area contributed by atoms with Crippen LogP contribution in [0.4, 0.5) is 0 Å². The molecule has 6 heteroatoms. The maximum atomic E-state index is 13.3. The molecule has 1 atom stereocenters. The van der Waals surface area contributed by atoms with Gasteiger partial charge in [-0.3, -0.25) is 9.48 Å². The minimum absolute atomic E-state index is 0.0319. The number of aryl methyl sites for hydroxylation is 2. The number of amides is 1. The fourth-order valence-corrected chi connectivity index (χ4v) is 6.02. The maximum absolute atomic E-state index is 13.3. The van der Waals surface area contributed by atoms with Gasteiger partial charge in [-0.1, -0.05) is 25.0 Å². The molecular formula is C21H25N3OS2. The van der Waals surface area contributed by atoms with E-state index in [0.29, 0.717) is 6.54 Å². The third kappa shape index (κ3) is 3.48. The van der Waals surface area contributed by atoms with Crippen molar-refractivity contribution in [3.8, 4) is 0 Å². The first-order valence-corrected chi connectivity index (χ1v) is 11.2. The number of nitrogens with zero attached hydrogens (tertiary/aromatic N) is 2. The van der Waals surface area contributed by atoms with Crippen LogP contribution in [0.3, 0.4) is 0 Å². The second-order valence-electron chi connectivity index (χ2n) is 7.38. The normalized spacial score (nSPS) is 17.1. The predicted molar refractivity (Wildman–Crippen MR) is 112 cm³/mol. The molecule has 3 aromatic heterocycles. The van der Waals surface area contributed by atoms with Crippen LogP contribution in [-0.2, 0) is 10.2 Å². The van der Waals surface area contributed by atoms with Crippen molar-refractivity contribution in [2.75, 3.05) is 6.54 Å². The molecular weight excluding hydrogens is 374 g/mol. The largest absolute Gasteiger partial charge is 0.353 e. The standard InChI is InChI=1S/C21H25N3OS2/c1-15-13-16(2)24(23-15)17(18-7-5-11-26-18)14-22-20(25)21(9-3-4-10-21)19-8-6-12-27-19/h5-8,11-13,17H,3-4,9-10,14H2,1-2H3,(H,22,25). The molecule has 3 aromatic rings. The monoisotopic (exact) mass is 399 g/mol. The van der Waals surface area contributed by atoms with Gasteiger partial charge in [-0.05, 0) is 55.6 Å². The lowest BCUT2D eigenvalue weighted by molar-refractivity contribution is -0.126. The molecule has 142 valence electrons. The van der Waals surface area contributed by atoms with Crippen LogP contribution in [0.2, 0.25) is 0 Å². The van der Waals surface area contributed by atoms with Crippen molar-refractivity contribution in [3.05, 3.63) is 62.2 Å². The van der Waals surface area contributed by atoms with Gasteiger partial charge in [0.1, 0.15) is 6.04 Å². The average molecular weight is 400 g/mol. The van der Waals surface area contributed by atoms with E-state index in [1.54, 1.807) is 22.7 Å². The van der Waals surface area contributed by atoms with Crippen molar-refractivity contribution >= 4 is 28.6 Å². The molecule has 1 N–H and O–H groups in total. The number of thiophene rings is 2. The second-order valence-corrected chi connectivity index (χ2v) is 9.31. The zero-order valence-electron chi connectivity index (χ0n) is 15.8. The zero-order chi connectivity index (χ0) is 18.9. The third-order valence-electron chi connectivity index (χ3n) is 5.55. The van der Waals surface area contributed by atoms with E-state index in [2.05, 4.69) is 58.4 Å². The highest BCUT2D eigenvalue weighted by Crippen LogP contribution is 2.43. The van der Waals surface area contributed by atoms with Crippen molar-refractivity contribution < 1.29 is 4.79 Å². The highest BCUT2D eigenvalue weighted by molar-refractivity contribution is 7.10. The van der Waals surface area contributed by atoms with E-state index in [-0.39, 0.29) is 17.4 Å². The summed E-state index contributed by atoms with van der Waals surface area (Å²) in [5.41, 5.74) is 1.78. The van der Waals surface area contributed by atoms with Gasteiger partial charge in [0.15, 0.2) is 0 Å². The van der Waals surface area contributed by atoms with Crippen LogP contribution in [0.25, 0.3) is 0 Å². The molecule has 1 saturated carbocycles. The highest BCUT2D eigenvalue weighted by atomic mass is 32.1. The van der Waals surface area contributed by atoms with Gasteiger partial charge in [0, 0.05) is 22.0 Å². The Balaban J connectivity index is 1.57. The van der Waals surface area contributed by atoms with Crippen LogP contribution in [0.5, 0.6) is 0 Å². The van der Waals surface area contributed by atoms with Gasteiger partial charge in [0.2, 0.25) is 5.91 Å². The van der Waals surface area contributed by atoms with Crippen LogP contribution in [0, 0.1) is 13.8 Å². The summed E-state index contributed by atoms with van der Waals surface area (Å²) in [6, 6.07) is 10.5. The maximum Gasteiger partial charge on any atom is 0.231 e. The summed E-state index contributed by atoms with van der Waals surface area (Å²) in [7, 11) is 0. The molecule has 3 heterocycles. The van der Waals surface area contributed by atoms with Crippen LogP contribution >= 0.6 is 22.7 Å². The van der Waals surface area contributed by atoms with Crippen LogP contribution < -0.4 is 5.32 Å². The number of rotatable bonds is 6. The molecule has 0 radical (unpaired) electrons. The minimum Gasteiger partial charge on any atom is -0.353 e. The van der Waals surface area contributed by atoms with E-state index < -0.39 is 0 Å². The van der Waals surface area contributed by atoms with Crippen LogP contribution in [-0.4, -0.2) is 22.2 Å². The third-order valence-corrected chi connectivity index (χ3v) is 7.60. The first-order chi connectivity index (χ1) is 13.1. The number of carbonyl (C=O) groups is 1. The first-order valence-electron chi connectivity index (χ1n) is 9.48. The van der Waals surface area contributed by atoms with Gasteiger partial charge in [-0.2, -0.15) is 5.10 Å². The Morgan fingerprint density at radius 3 is 2.56 bits per heavy atom. The van der Waals surface area contributed by atoms with Gasteiger partial charge in [-0.25, -0.2) is 0 Å². The summed E-state index contributed by atoms with van der Waals surface area (Å²) in [5, 5.41) is 12.1. The lowest BCUT2D eigenvalue weighted by atomic mass is 9.83. The molecule has 0 saturated heterocycles. The highest BCUT2D eigenvalue weighted by Gasteiger charge is 2.43. The van der Waals surface area contributed by atoms with Crippen LogP contribution in [0.15, 0.2) is 41.1 Å². The molecule has 0 spiro atoms. The van der Waals surface area contributed by atoms with E-state index in [0.717, 1.165) is 37.1 Å². The molecule has 1 aliphatic carbocycles. The molecule has 0 aliphatic heterocycles. The molecule has 1 unspecified atom stereocenters. The topological polar surface area (TPSA) is 46.9 Å². The zero-order valence-corrected chi connectivity index (χ0v) is 17.4. The Labute approximate surface area is 168 Å². The van der Waals surface area contributed by atoms with Crippen molar-refractivity contribution in [1.29, 1.82) is 0 Å². The number of aromatic nitrogens is 2. The van der Waals surface area contributed by atoms with Crippen LogP contribution in [0.1, 0.15) is 52.9 Å². The predicted octanol–water partition coefficient (Wildman–Crippen LogP) is 4.84. The Bertz CT molecular complexity index is 890. The quantitative estimate of drug-likeness (QED) is 0.645. The van der Waals surface area contributed by atoms with Gasteiger partial charge in [-0.15, -0.1) is 22.7 Å². The van der Waals surface area contributed by atoms with E-state index in [1.165, 1.54) is 9.75 Å². The molecule has 1 fully saturated rings. The smallest absolute Gasteiger partial charge is 0.231 e. The molecule has 0 bridgehead atoms. The minimum atomic E-state index is -0.344. The summed E-state index contributed by atoms with van der Waals surface area (Å²) in [6.45, 7) is 4.65. The Morgan fingerprint density at radius 1 is 1.22 bits per heavy atom. The van der Waals surface area contributed by atoms with Crippen molar-refractivity contribution in [1.82, 2.24) is 15.1 Å². The fraction of sp³-hybridized carbons (Fsp3) is 0.429. The van der Waals surface area contributed by atoms with Gasteiger partial charge < -0.3 is 5.32 Å². The molecule has 0 aromatic carbocycles. The SMILES string of the molecule is Cc1cc(C)n(C(CNC(=O)C2(c3cccs3)CCCC2)c2cccs2)n1. The molecule has 1 aliphatic rings. The molecule has 4 rings (SSSR count). The average Bonchev–Trinajstić information content (AvgIpc) is 3.44. The summed E-state index contributed by atoms with van der Waals surface area (Å²) < 4.78 is 2.05. The summed E-state index contributed by atoms with van der Waals surface area (Å²) in [5.74, 6) is 0.172. The van der Waals surface area contributed by atoms with E-state index in [9.17, 15) is 4.79 Å². The lowest BCUT2D eigenvalue weighted by Gasteiger charge is -2.28. The summed E-state index contributed by atoms with van der Waals surface area (Å²) in [6.07, 6.45) is 4.14. The molecule has 1 amide bonds. The number of carbonyl (C=O) groups excluding carboxylic acids is 1. The molecule has 27 heavy (non-hydrogen) atoms. The van der Waals surface area contributed by atoms with Crippen molar-refractivity contribution in [3.63, 3.8) is 0 Å². The van der Waals surface area contributed by atoms with Gasteiger partial charge >= 0.3 is 0 Å². The number of hydrogen-bond acceptors (Lipinski definition) is 4. The lowest BCUT2D eigenvalue weighted by Crippen LogP contribution is -2.44. The Kier molecular flexibility index (Phi) is 5.19. The van der Waals surface area contributed by atoms with Gasteiger partial charge in [0.05, 0.1) is 11.1 Å². The van der Waals surface area contributed by atoms with Crippen molar-refractivity contribution in [2.45, 2.75) is 51.0 Å². The van der Waals surface area contributed by atoms with Crippen molar-refractivity contribution in [2.24, 2.45) is 0 Å². The second kappa shape index (κ2) is 7.60. The molecule has 4 nitrogen and oxygen atoms in total. The number of hydrogen-bond donors (Lipinski definition) is 1. The Hall–Kier alpha value is -1.92. The van der Waals surface area contributed by atoms with E-state index in [1.807, 2.05) is 11.6 Å². The summed E-state index contributed by atoms with van der Waals surface area (Å²) >= 11 is 3.42. The summed E-state index contributed by atoms with van der Waals surface area (Å²) in [4.78, 5) is 15.8. The van der Waals surface area contributed by atoms with E-state index in [4.69, 9.17) is 0 Å². The first kappa shape index (κ1) is 18.4. The Morgan fingerprint density at radius 2 is 1.96 bits per heavy atom. The fourth-order valence-electron chi connectivity index (χ4n) is 4.22. The number of nitrogens with one attached hydrogen (secondary N) is 1. The van der Waals surface area contributed by atoms with Gasteiger partial charge in [0.25, 0.3) is 0 Å². The van der Waals surface area contributed by atoms with E-state index >= 15 is 0 Å².